The predicted octanol–water partition coefficient (Wildman–Crippen LogP) is 3.27. The topological polar surface area (TPSA) is 35.8 Å². The lowest BCUT2D eigenvalue weighted by Crippen LogP contribution is -2.43. The van der Waals surface area contributed by atoms with Gasteiger partial charge in [0.05, 0.1) is 12.6 Å². The van der Waals surface area contributed by atoms with Gasteiger partial charge in [-0.3, -0.25) is 4.99 Å². The number of aliphatic hydroxyl groups excluding tert-OH is 1. The standard InChI is InChI=1S/C18H20N2OS/c21-16-8-9-20-15(10-16)12-22-18(20)19-11-14-6-3-5-13-4-1-2-7-17(13)14/h1-7,15-16,21H,8-12H2. The second-order valence-corrected chi connectivity index (χ2v) is 7.06. The molecule has 0 bridgehead atoms. The van der Waals surface area contributed by atoms with E-state index in [1.165, 1.54) is 16.3 Å². The van der Waals surface area contributed by atoms with Gasteiger partial charge in [-0.25, -0.2) is 0 Å². The highest BCUT2D eigenvalue weighted by Gasteiger charge is 2.35. The Bertz CT molecular complexity index is 710. The van der Waals surface area contributed by atoms with Gasteiger partial charge >= 0.3 is 0 Å². The van der Waals surface area contributed by atoms with Crippen molar-refractivity contribution in [2.24, 2.45) is 4.99 Å². The number of hydrogen-bond donors (Lipinski definition) is 1. The monoisotopic (exact) mass is 312 g/mol. The number of rotatable bonds is 2. The van der Waals surface area contributed by atoms with E-state index >= 15 is 0 Å². The van der Waals surface area contributed by atoms with E-state index in [9.17, 15) is 5.11 Å². The van der Waals surface area contributed by atoms with E-state index in [-0.39, 0.29) is 6.10 Å². The summed E-state index contributed by atoms with van der Waals surface area (Å²) in [6.07, 6.45) is 1.63. The van der Waals surface area contributed by atoms with Crippen molar-refractivity contribution in [3.63, 3.8) is 0 Å². The van der Waals surface area contributed by atoms with Gasteiger partial charge in [0, 0.05) is 18.3 Å². The molecule has 4 heteroatoms. The van der Waals surface area contributed by atoms with Gasteiger partial charge in [0.15, 0.2) is 5.17 Å². The van der Waals surface area contributed by atoms with Crippen LogP contribution in [0.25, 0.3) is 10.8 Å². The minimum atomic E-state index is -0.126. The first-order valence-corrected chi connectivity index (χ1v) is 8.88. The zero-order valence-electron chi connectivity index (χ0n) is 12.5. The maximum Gasteiger partial charge on any atom is 0.159 e. The second-order valence-electron chi connectivity index (χ2n) is 6.07. The van der Waals surface area contributed by atoms with E-state index in [2.05, 4.69) is 47.4 Å². The van der Waals surface area contributed by atoms with Crippen molar-refractivity contribution >= 4 is 27.7 Å². The van der Waals surface area contributed by atoms with E-state index < -0.39 is 0 Å². The van der Waals surface area contributed by atoms with Gasteiger partial charge in [-0.1, -0.05) is 54.2 Å². The molecule has 2 aromatic carbocycles. The normalized spacial score (nSPS) is 26.6. The van der Waals surface area contributed by atoms with Crippen LogP contribution in [0.2, 0.25) is 0 Å². The van der Waals surface area contributed by atoms with Crippen LogP contribution in [0.5, 0.6) is 0 Å². The molecular weight excluding hydrogens is 292 g/mol. The molecule has 2 unspecified atom stereocenters. The molecule has 2 atom stereocenters. The number of aliphatic hydroxyl groups is 1. The zero-order chi connectivity index (χ0) is 14.9. The van der Waals surface area contributed by atoms with Crippen molar-refractivity contribution in [1.29, 1.82) is 0 Å². The molecule has 2 fully saturated rings. The summed E-state index contributed by atoms with van der Waals surface area (Å²) in [5.74, 6) is 1.06. The van der Waals surface area contributed by atoms with Crippen LogP contribution in [0.1, 0.15) is 18.4 Å². The number of hydrogen-bond acceptors (Lipinski definition) is 3. The number of fused-ring (bicyclic) bond motifs is 2. The van der Waals surface area contributed by atoms with Crippen molar-refractivity contribution in [2.75, 3.05) is 12.3 Å². The zero-order valence-corrected chi connectivity index (χ0v) is 13.3. The minimum absolute atomic E-state index is 0.126. The number of nitrogens with zero attached hydrogens (tertiary/aromatic N) is 2. The summed E-state index contributed by atoms with van der Waals surface area (Å²) in [5.41, 5.74) is 1.28. The van der Waals surface area contributed by atoms with Crippen LogP contribution in [0.4, 0.5) is 0 Å². The molecule has 0 radical (unpaired) electrons. The van der Waals surface area contributed by atoms with Gasteiger partial charge in [-0.15, -0.1) is 0 Å². The summed E-state index contributed by atoms with van der Waals surface area (Å²) >= 11 is 1.84. The molecule has 0 saturated carbocycles. The molecule has 0 spiro atoms. The van der Waals surface area contributed by atoms with Crippen LogP contribution < -0.4 is 0 Å². The third-order valence-corrected chi connectivity index (χ3v) is 5.78. The van der Waals surface area contributed by atoms with Crippen LogP contribution in [-0.2, 0) is 6.54 Å². The fourth-order valence-corrected chi connectivity index (χ4v) is 4.63. The third-order valence-electron chi connectivity index (χ3n) is 4.60. The Hall–Kier alpha value is -1.52. The van der Waals surface area contributed by atoms with Crippen LogP contribution >= 0.6 is 11.8 Å². The van der Waals surface area contributed by atoms with Gasteiger partial charge < -0.3 is 10.0 Å². The molecule has 2 saturated heterocycles. The molecule has 0 aliphatic carbocycles. The number of amidine groups is 1. The maximum absolute atomic E-state index is 9.79. The largest absolute Gasteiger partial charge is 0.393 e. The number of thioether (sulfide) groups is 1. The van der Waals surface area contributed by atoms with Crippen molar-refractivity contribution in [3.05, 3.63) is 48.0 Å². The van der Waals surface area contributed by atoms with Crippen LogP contribution in [0.3, 0.4) is 0 Å². The smallest absolute Gasteiger partial charge is 0.159 e. The Morgan fingerprint density at radius 3 is 3.00 bits per heavy atom. The van der Waals surface area contributed by atoms with Crippen molar-refractivity contribution in [1.82, 2.24) is 4.90 Å². The molecule has 114 valence electrons. The average Bonchev–Trinajstić information content (AvgIpc) is 2.95. The van der Waals surface area contributed by atoms with Crippen LogP contribution in [0.15, 0.2) is 47.5 Å². The summed E-state index contributed by atoms with van der Waals surface area (Å²) < 4.78 is 0. The van der Waals surface area contributed by atoms with Crippen molar-refractivity contribution < 1.29 is 5.11 Å². The summed E-state index contributed by atoms with van der Waals surface area (Å²) in [5, 5.41) is 13.5. The highest BCUT2D eigenvalue weighted by Crippen LogP contribution is 2.31. The lowest BCUT2D eigenvalue weighted by Gasteiger charge is -2.33. The first-order valence-electron chi connectivity index (χ1n) is 7.90. The van der Waals surface area contributed by atoms with E-state index in [0.29, 0.717) is 6.04 Å². The van der Waals surface area contributed by atoms with E-state index in [0.717, 1.165) is 36.9 Å². The molecule has 0 amide bonds. The second kappa shape index (κ2) is 5.94. The van der Waals surface area contributed by atoms with Gasteiger partial charge in [-0.2, -0.15) is 0 Å². The molecule has 2 aliphatic heterocycles. The molecule has 22 heavy (non-hydrogen) atoms. The van der Waals surface area contributed by atoms with Gasteiger partial charge in [0.25, 0.3) is 0 Å². The van der Waals surface area contributed by atoms with Crippen LogP contribution in [-0.4, -0.2) is 39.6 Å². The van der Waals surface area contributed by atoms with Crippen molar-refractivity contribution in [2.45, 2.75) is 31.5 Å². The molecule has 2 aliphatic rings. The Morgan fingerprint density at radius 2 is 2.05 bits per heavy atom. The lowest BCUT2D eigenvalue weighted by molar-refractivity contribution is 0.0863. The van der Waals surface area contributed by atoms with Crippen LogP contribution in [0, 0.1) is 0 Å². The summed E-state index contributed by atoms with van der Waals surface area (Å²) in [6, 6.07) is 15.4. The SMILES string of the molecule is OC1CCN2C(=NCc3cccc4ccccc34)SCC2C1. The highest BCUT2D eigenvalue weighted by molar-refractivity contribution is 8.14. The number of benzene rings is 2. The van der Waals surface area contributed by atoms with E-state index in [1.807, 2.05) is 11.8 Å². The maximum atomic E-state index is 9.79. The predicted molar refractivity (Wildman–Crippen MR) is 93.3 cm³/mol. The Labute approximate surface area is 135 Å². The molecule has 3 nitrogen and oxygen atoms in total. The molecular formula is C18H20N2OS. The van der Waals surface area contributed by atoms with E-state index in [4.69, 9.17) is 4.99 Å². The summed E-state index contributed by atoms with van der Waals surface area (Å²) in [7, 11) is 0. The highest BCUT2D eigenvalue weighted by atomic mass is 32.2. The van der Waals surface area contributed by atoms with E-state index in [1.54, 1.807) is 0 Å². The fraction of sp³-hybridized carbons (Fsp3) is 0.389. The first kappa shape index (κ1) is 14.1. The minimum Gasteiger partial charge on any atom is -0.393 e. The molecule has 2 heterocycles. The molecule has 0 aromatic heterocycles. The number of piperidine rings is 1. The average molecular weight is 312 g/mol. The molecule has 4 rings (SSSR count). The Balaban J connectivity index is 1.56. The van der Waals surface area contributed by atoms with Gasteiger partial charge in [0.2, 0.25) is 0 Å². The third kappa shape index (κ3) is 2.61. The Kier molecular flexibility index (Phi) is 3.80. The first-order chi connectivity index (χ1) is 10.8. The summed E-state index contributed by atoms with van der Waals surface area (Å²) in [6.45, 7) is 1.67. The van der Waals surface area contributed by atoms with Crippen molar-refractivity contribution in [3.8, 4) is 0 Å². The molecule has 1 N–H and O–H groups in total. The molecule has 2 aromatic rings. The van der Waals surface area contributed by atoms with Gasteiger partial charge in [-0.05, 0) is 29.2 Å². The summed E-state index contributed by atoms with van der Waals surface area (Å²) in [4.78, 5) is 7.27. The Morgan fingerprint density at radius 1 is 1.18 bits per heavy atom. The number of aliphatic imine (C=N–C) groups is 1. The quantitative estimate of drug-likeness (QED) is 0.924. The van der Waals surface area contributed by atoms with Gasteiger partial charge in [0.1, 0.15) is 0 Å². The lowest BCUT2D eigenvalue weighted by atomic mass is 10.0. The fourth-order valence-electron chi connectivity index (χ4n) is 3.41.